The minimum atomic E-state index is -0.0868. The zero-order valence-electron chi connectivity index (χ0n) is 30.3. The molecule has 0 saturated carbocycles. The van der Waals surface area contributed by atoms with Crippen molar-refractivity contribution in [2.75, 3.05) is 7.11 Å². The van der Waals surface area contributed by atoms with Crippen molar-refractivity contribution in [3.05, 3.63) is 174 Å². The van der Waals surface area contributed by atoms with Gasteiger partial charge in [0.2, 0.25) is 0 Å². The lowest BCUT2D eigenvalue weighted by atomic mass is 9.80. The molecule has 10 rings (SSSR count). The van der Waals surface area contributed by atoms with Gasteiger partial charge in [-0.1, -0.05) is 155 Å². The molecule has 0 unspecified atom stereocenters. The summed E-state index contributed by atoms with van der Waals surface area (Å²) in [5.74, 6) is 0.860. The second-order valence-corrected chi connectivity index (χ2v) is 15.6. The smallest absolute Gasteiger partial charge is 0.118 e. The Kier molecular flexibility index (Phi) is 6.55. The van der Waals surface area contributed by atoms with Crippen LogP contribution in [0.1, 0.15) is 49.9 Å². The normalized spacial score (nSPS) is 14.6. The Bertz CT molecular complexity index is 2760. The molecular weight excluding hydrogens is 629 g/mol. The third-order valence-electron chi connectivity index (χ3n) is 12.2. The summed E-state index contributed by atoms with van der Waals surface area (Å²) >= 11 is 0. The van der Waals surface area contributed by atoms with E-state index in [2.05, 4.69) is 179 Å². The summed E-state index contributed by atoms with van der Waals surface area (Å²) < 4.78 is 5.58. The Labute approximate surface area is 306 Å². The third-order valence-corrected chi connectivity index (χ3v) is 12.2. The second-order valence-electron chi connectivity index (χ2n) is 15.6. The van der Waals surface area contributed by atoms with Crippen molar-refractivity contribution in [1.29, 1.82) is 0 Å². The van der Waals surface area contributed by atoms with Crippen molar-refractivity contribution in [2.45, 2.75) is 38.5 Å². The van der Waals surface area contributed by atoms with Gasteiger partial charge in [0.05, 0.1) is 7.11 Å². The number of ether oxygens (including phenoxy) is 1. The molecule has 1 heteroatoms. The summed E-state index contributed by atoms with van der Waals surface area (Å²) in [6.45, 7) is 9.47. The fraction of sp³-hybridized carbons (Fsp3) is 0.137. The highest BCUT2D eigenvalue weighted by Gasteiger charge is 2.38. The van der Waals surface area contributed by atoms with Gasteiger partial charge in [-0.3, -0.25) is 0 Å². The van der Waals surface area contributed by atoms with Gasteiger partial charge in [-0.2, -0.15) is 0 Å². The maximum Gasteiger partial charge on any atom is 0.118 e. The highest BCUT2D eigenvalue weighted by Crippen LogP contribution is 2.55. The molecule has 0 heterocycles. The molecule has 0 amide bonds. The minimum absolute atomic E-state index is 0.0630. The number of benzene rings is 8. The van der Waals surface area contributed by atoms with Crippen molar-refractivity contribution in [3.63, 3.8) is 0 Å². The predicted molar refractivity (Wildman–Crippen MR) is 219 cm³/mol. The molecule has 0 radical (unpaired) electrons. The highest BCUT2D eigenvalue weighted by molar-refractivity contribution is 6.23. The van der Waals surface area contributed by atoms with Gasteiger partial charge in [-0.15, -0.1) is 0 Å². The van der Waals surface area contributed by atoms with Crippen LogP contribution in [0.3, 0.4) is 0 Å². The van der Waals surface area contributed by atoms with Gasteiger partial charge in [0, 0.05) is 10.8 Å². The number of hydrogen-bond acceptors (Lipinski definition) is 1. The lowest BCUT2D eigenvalue weighted by molar-refractivity contribution is 0.415. The first-order valence-corrected chi connectivity index (χ1v) is 18.4. The molecule has 0 saturated heterocycles. The molecule has 0 aliphatic heterocycles. The van der Waals surface area contributed by atoms with Crippen LogP contribution in [-0.2, 0) is 10.8 Å². The number of fused-ring (bicyclic) bond motifs is 8. The van der Waals surface area contributed by atoms with Gasteiger partial charge in [0.25, 0.3) is 0 Å². The maximum atomic E-state index is 5.58. The van der Waals surface area contributed by atoms with E-state index in [-0.39, 0.29) is 10.8 Å². The van der Waals surface area contributed by atoms with Crippen LogP contribution in [0, 0.1) is 0 Å². The highest BCUT2D eigenvalue weighted by atomic mass is 16.5. The molecule has 0 aromatic heterocycles. The molecule has 52 heavy (non-hydrogen) atoms. The molecule has 0 bridgehead atoms. The van der Waals surface area contributed by atoms with Gasteiger partial charge < -0.3 is 4.74 Å². The van der Waals surface area contributed by atoms with Crippen molar-refractivity contribution in [2.24, 2.45) is 0 Å². The van der Waals surface area contributed by atoms with Gasteiger partial charge >= 0.3 is 0 Å². The lowest BCUT2D eigenvalue weighted by Gasteiger charge is -2.23. The largest absolute Gasteiger partial charge is 0.497 e. The van der Waals surface area contributed by atoms with Crippen LogP contribution in [-0.4, -0.2) is 7.11 Å². The number of hydrogen-bond donors (Lipinski definition) is 0. The molecule has 0 fully saturated rings. The quantitative estimate of drug-likeness (QED) is 0.170. The summed E-state index contributed by atoms with van der Waals surface area (Å²) in [5, 5.41) is 5.03. The first kappa shape index (κ1) is 30.9. The van der Waals surface area contributed by atoms with Crippen molar-refractivity contribution in [3.8, 4) is 61.4 Å². The number of methoxy groups -OCH3 is 1. The van der Waals surface area contributed by atoms with Crippen molar-refractivity contribution < 1.29 is 4.74 Å². The standard InChI is InChI=1S/C51H40O/c1-50(2)44-19-11-9-16-40(44)49-41(17-12-20-45(49)50)48-38-15-7-6-14-37(38)47(31-21-25-34(52-5)26-22-31)39-28-24-32(29-42(39)48)33-23-27-36-35-13-8-10-18-43(35)51(3,4)46(36)30-33/h6-30H,1-5H3. The molecular formula is C51H40O. The van der Waals surface area contributed by atoms with Crippen LogP contribution in [0.4, 0.5) is 0 Å². The predicted octanol–water partition coefficient (Wildman–Crippen LogP) is 13.6. The first-order valence-electron chi connectivity index (χ1n) is 18.4. The molecule has 2 aliphatic rings. The maximum absolute atomic E-state index is 5.58. The van der Waals surface area contributed by atoms with Crippen LogP contribution in [0.25, 0.3) is 77.2 Å². The molecule has 8 aromatic carbocycles. The third kappa shape index (κ3) is 4.23. The Morgan fingerprint density at radius 3 is 1.62 bits per heavy atom. The summed E-state index contributed by atoms with van der Waals surface area (Å²) in [5.41, 5.74) is 18.3. The van der Waals surface area contributed by atoms with Crippen LogP contribution in [0.2, 0.25) is 0 Å². The second kappa shape index (κ2) is 11.0. The fourth-order valence-electron chi connectivity index (χ4n) is 9.56. The van der Waals surface area contributed by atoms with E-state index in [1.54, 1.807) is 7.11 Å². The van der Waals surface area contributed by atoms with E-state index in [9.17, 15) is 0 Å². The van der Waals surface area contributed by atoms with Crippen LogP contribution in [0.5, 0.6) is 5.75 Å². The van der Waals surface area contributed by atoms with Crippen molar-refractivity contribution in [1.82, 2.24) is 0 Å². The van der Waals surface area contributed by atoms with Crippen LogP contribution in [0.15, 0.2) is 152 Å². The summed E-state index contributed by atoms with van der Waals surface area (Å²) in [4.78, 5) is 0. The van der Waals surface area contributed by atoms with Crippen LogP contribution < -0.4 is 4.74 Å². The Morgan fingerprint density at radius 1 is 0.346 bits per heavy atom. The molecule has 2 aliphatic carbocycles. The van der Waals surface area contributed by atoms with E-state index in [4.69, 9.17) is 4.74 Å². The molecule has 0 N–H and O–H groups in total. The van der Waals surface area contributed by atoms with Gasteiger partial charge in [0.1, 0.15) is 5.75 Å². The molecule has 1 nitrogen and oxygen atoms in total. The Hall–Kier alpha value is -5.92. The molecule has 0 spiro atoms. The van der Waals surface area contributed by atoms with Crippen LogP contribution >= 0.6 is 0 Å². The van der Waals surface area contributed by atoms with E-state index >= 15 is 0 Å². The van der Waals surface area contributed by atoms with E-state index < -0.39 is 0 Å². The van der Waals surface area contributed by atoms with Gasteiger partial charge in [-0.25, -0.2) is 0 Å². The zero-order valence-corrected chi connectivity index (χ0v) is 30.3. The van der Waals surface area contributed by atoms with Gasteiger partial charge in [0.15, 0.2) is 0 Å². The van der Waals surface area contributed by atoms with E-state index in [1.807, 2.05) is 0 Å². The lowest BCUT2D eigenvalue weighted by Crippen LogP contribution is -2.14. The Morgan fingerprint density at radius 2 is 0.865 bits per heavy atom. The average Bonchev–Trinajstić information content (AvgIpc) is 3.56. The fourth-order valence-corrected chi connectivity index (χ4v) is 9.56. The van der Waals surface area contributed by atoms with Gasteiger partial charge in [-0.05, 0) is 124 Å². The summed E-state index contributed by atoms with van der Waals surface area (Å²) in [6.07, 6.45) is 0. The number of rotatable bonds is 4. The van der Waals surface area contributed by atoms with E-state index in [1.165, 1.54) is 99.4 Å². The summed E-state index contributed by atoms with van der Waals surface area (Å²) in [7, 11) is 1.73. The van der Waals surface area contributed by atoms with E-state index in [0.717, 1.165) is 5.75 Å². The average molecular weight is 669 g/mol. The zero-order chi connectivity index (χ0) is 35.4. The van der Waals surface area contributed by atoms with E-state index in [0.29, 0.717) is 0 Å². The monoisotopic (exact) mass is 668 g/mol. The SMILES string of the molecule is COc1ccc(-c2c3ccccc3c(-c3cccc4c3-c3ccccc3C4(C)C)c3cc(-c4ccc5c(c4)C(C)(C)c4ccccc4-5)ccc23)cc1. The first-order chi connectivity index (χ1) is 25.3. The Balaban J connectivity index is 1.29. The van der Waals surface area contributed by atoms with Crippen molar-refractivity contribution >= 4 is 21.5 Å². The molecule has 250 valence electrons. The molecule has 0 atom stereocenters. The summed E-state index contributed by atoms with van der Waals surface area (Å²) in [6, 6.07) is 56.7. The molecule has 8 aromatic rings. The minimum Gasteiger partial charge on any atom is -0.497 e. The topological polar surface area (TPSA) is 9.23 Å².